The second-order valence-electron chi connectivity index (χ2n) is 10.5. The SMILES string of the molecule is Cc1cc(C)c(B(c2cccc(-c3ncnn3-c3ccccc3C)c2)c2c(C)cc(C)cc2C)c(C)c1. The lowest BCUT2D eigenvalue weighted by Crippen LogP contribution is -2.55. The Bertz CT molecular complexity index is 1510. The molecular formula is C33H34BN3. The van der Waals surface area contributed by atoms with Crippen molar-refractivity contribution in [2.75, 3.05) is 0 Å². The summed E-state index contributed by atoms with van der Waals surface area (Å²) < 4.78 is 1.95. The van der Waals surface area contributed by atoms with Crippen molar-refractivity contribution in [3.63, 3.8) is 0 Å². The van der Waals surface area contributed by atoms with Crippen molar-refractivity contribution < 1.29 is 0 Å². The van der Waals surface area contributed by atoms with E-state index in [4.69, 9.17) is 4.98 Å². The molecule has 4 heteroatoms. The highest BCUT2D eigenvalue weighted by atomic mass is 15.3. The zero-order valence-corrected chi connectivity index (χ0v) is 22.9. The summed E-state index contributed by atoms with van der Waals surface area (Å²) in [4.78, 5) is 4.70. The quantitative estimate of drug-likeness (QED) is 0.304. The van der Waals surface area contributed by atoms with Gasteiger partial charge >= 0.3 is 0 Å². The van der Waals surface area contributed by atoms with Crippen molar-refractivity contribution in [3.05, 3.63) is 118 Å². The van der Waals surface area contributed by atoms with E-state index in [1.807, 2.05) is 10.7 Å². The Morgan fingerprint density at radius 3 is 1.73 bits per heavy atom. The van der Waals surface area contributed by atoms with E-state index in [1.54, 1.807) is 6.33 Å². The van der Waals surface area contributed by atoms with Crippen molar-refractivity contribution in [1.82, 2.24) is 14.8 Å². The Balaban J connectivity index is 1.74. The van der Waals surface area contributed by atoms with Gasteiger partial charge in [0.2, 0.25) is 6.71 Å². The van der Waals surface area contributed by atoms with Crippen molar-refractivity contribution in [2.24, 2.45) is 0 Å². The van der Waals surface area contributed by atoms with E-state index in [-0.39, 0.29) is 6.71 Å². The molecule has 0 N–H and O–H groups in total. The maximum absolute atomic E-state index is 4.70. The van der Waals surface area contributed by atoms with E-state index in [0.717, 1.165) is 17.1 Å². The van der Waals surface area contributed by atoms with Gasteiger partial charge < -0.3 is 0 Å². The van der Waals surface area contributed by atoms with E-state index >= 15 is 0 Å². The predicted molar refractivity (Wildman–Crippen MR) is 157 cm³/mol. The van der Waals surface area contributed by atoms with Crippen molar-refractivity contribution in [2.45, 2.75) is 48.5 Å². The Morgan fingerprint density at radius 2 is 1.16 bits per heavy atom. The fourth-order valence-corrected chi connectivity index (χ4v) is 6.04. The van der Waals surface area contributed by atoms with Gasteiger partial charge in [-0.2, -0.15) is 5.10 Å². The molecule has 0 aliphatic carbocycles. The number of para-hydroxylation sites is 1. The molecule has 0 unspecified atom stereocenters. The van der Waals surface area contributed by atoms with Gasteiger partial charge in [0.1, 0.15) is 6.33 Å². The van der Waals surface area contributed by atoms with Crippen molar-refractivity contribution in [1.29, 1.82) is 0 Å². The fourth-order valence-electron chi connectivity index (χ4n) is 6.04. The van der Waals surface area contributed by atoms with Crippen LogP contribution in [0.15, 0.2) is 79.1 Å². The van der Waals surface area contributed by atoms with E-state index in [2.05, 4.69) is 120 Å². The van der Waals surface area contributed by atoms with Gasteiger partial charge in [-0.1, -0.05) is 116 Å². The Morgan fingerprint density at radius 1 is 0.595 bits per heavy atom. The highest BCUT2D eigenvalue weighted by Gasteiger charge is 2.29. The second kappa shape index (κ2) is 9.86. The van der Waals surface area contributed by atoms with Crippen LogP contribution >= 0.6 is 0 Å². The molecule has 0 spiro atoms. The van der Waals surface area contributed by atoms with Gasteiger partial charge in [0, 0.05) is 5.56 Å². The van der Waals surface area contributed by atoms with E-state index in [9.17, 15) is 0 Å². The summed E-state index contributed by atoms with van der Waals surface area (Å²) in [5.41, 5.74) is 15.2. The fraction of sp³-hybridized carbons (Fsp3) is 0.212. The van der Waals surface area contributed by atoms with E-state index in [0.29, 0.717) is 0 Å². The minimum Gasteiger partial charge on any atom is -0.215 e. The lowest BCUT2D eigenvalue weighted by Gasteiger charge is -2.25. The molecule has 5 rings (SSSR count). The van der Waals surface area contributed by atoms with Crippen LogP contribution in [0.5, 0.6) is 0 Å². The topological polar surface area (TPSA) is 30.7 Å². The summed E-state index contributed by atoms with van der Waals surface area (Å²) in [7, 11) is 0. The third-order valence-electron chi connectivity index (χ3n) is 7.42. The van der Waals surface area contributed by atoms with Crippen molar-refractivity contribution in [3.8, 4) is 17.1 Å². The number of nitrogens with zero attached hydrogens (tertiary/aromatic N) is 3. The molecule has 0 radical (unpaired) electrons. The van der Waals surface area contributed by atoms with Crippen LogP contribution < -0.4 is 16.4 Å². The van der Waals surface area contributed by atoms with Crippen LogP contribution in [0.1, 0.15) is 38.9 Å². The van der Waals surface area contributed by atoms with Gasteiger partial charge in [0.05, 0.1) is 5.69 Å². The zero-order chi connectivity index (χ0) is 26.3. The van der Waals surface area contributed by atoms with Crippen LogP contribution in [0.4, 0.5) is 0 Å². The second-order valence-corrected chi connectivity index (χ2v) is 10.5. The van der Waals surface area contributed by atoms with Crippen molar-refractivity contribution >= 4 is 23.1 Å². The number of hydrogen-bond acceptors (Lipinski definition) is 2. The summed E-state index contributed by atoms with van der Waals surface area (Å²) in [6, 6.07) is 26.4. The molecule has 1 aromatic heterocycles. The van der Waals surface area contributed by atoms with Crippen LogP contribution in [-0.4, -0.2) is 21.5 Å². The number of rotatable bonds is 5. The molecule has 0 amide bonds. The van der Waals surface area contributed by atoms with Gasteiger partial charge in [0.15, 0.2) is 5.82 Å². The molecule has 184 valence electrons. The van der Waals surface area contributed by atoms with Gasteiger partial charge in [-0.05, 0) is 60.1 Å². The highest BCUT2D eigenvalue weighted by molar-refractivity contribution is 6.96. The molecule has 5 aromatic rings. The average Bonchev–Trinajstić information content (AvgIpc) is 3.32. The molecule has 0 bridgehead atoms. The minimum atomic E-state index is 0.121. The molecule has 0 fully saturated rings. The molecular weight excluding hydrogens is 449 g/mol. The normalized spacial score (nSPS) is 11.1. The molecule has 0 saturated heterocycles. The number of aromatic nitrogens is 3. The summed E-state index contributed by atoms with van der Waals surface area (Å²) in [5, 5.41) is 4.60. The first kappa shape index (κ1) is 24.8. The van der Waals surface area contributed by atoms with Gasteiger partial charge in [0.25, 0.3) is 0 Å². The largest absolute Gasteiger partial charge is 0.242 e. The highest BCUT2D eigenvalue weighted by Crippen LogP contribution is 2.22. The van der Waals surface area contributed by atoms with Crippen LogP contribution in [0.25, 0.3) is 17.1 Å². The van der Waals surface area contributed by atoms with Gasteiger partial charge in [-0.25, -0.2) is 9.67 Å². The summed E-state index contributed by atoms with van der Waals surface area (Å²) in [5.74, 6) is 0.851. The number of benzene rings is 4. The van der Waals surface area contributed by atoms with Gasteiger partial charge in [-0.15, -0.1) is 0 Å². The standard InChI is InChI=1S/C33H34BN3/c1-21-15-24(4)31(25(5)16-21)34(32-26(6)17-22(2)18-27(32)7)29-13-10-12-28(19-29)33-35-20-36-37(33)30-14-9-8-11-23(30)3/h8-20H,1-7H3. The third kappa shape index (κ3) is 4.64. The lowest BCUT2D eigenvalue weighted by molar-refractivity contribution is 0.879. The van der Waals surface area contributed by atoms with Crippen LogP contribution in [-0.2, 0) is 0 Å². The zero-order valence-electron chi connectivity index (χ0n) is 22.9. The molecule has 0 saturated carbocycles. The third-order valence-corrected chi connectivity index (χ3v) is 7.42. The molecule has 0 aliphatic heterocycles. The predicted octanol–water partition coefficient (Wildman–Crippen LogP) is 5.61. The smallest absolute Gasteiger partial charge is 0.215 e. The summed E-state index contributed by atoms with van der Waals surface area (Å²) in [6.45, 7) is 15.6. The summed E-state index contributed by atoms with van der Waals surface area (Å²) in [6.07, 6.45) is 1.65. The molecule has 4 aromatic carbocycles. The first-order valence-corrected chi connectivity index (χ1v) is 13.0. The van der Waals surface area contributed by atoms with Gasteiger partial charge in [-0.3, -0.25) is 0 Å². The van der Waals surface area contributed by atoms with Crippen LogP contribution in [0, 0.1) is 48.5 Å². The Kier molecular flexibility index (Phi) is 6.60. The number of aryl methyl sites for hydroxylation is 7. The monoisotopic (exact) mass is 483 g/mol. The molecule has 3 nitrogen and oxygen atoms in total. The van der Waals surface area contributed by atoms with Crippen LogP contribution in [0.2, 0.25) is 0 Å². The average molecular weight is 483 g/mol. The van der Waals surface area contributed by atoms with Crippen LogP contribution in [0.3, 0.4) is 0 Å². The minimum absolute atomic E-state index is 0.121. The molecule has 37 heavy (non-hydrogen) atoms. The molecule has 0 aliphatic rings. The molecule has 1 heterocycles. The summed E-state index contributed by atoms with van der Waals surface area (Å²) >= 11 is 0. The van der Waals surface area contributed by atoms with E-state index in [1.165, 1.54) is 55.3 Å². The van der Waals surface area contributed by atoms with E-state index < -0.39 is 0 Å². The Labute approximate surface area is 221 Å². The number of hydrogen-bond donors (Lipinski definition) is 0. The maximum atomic E-state index is 4.70. The first-order chi connectivity index (χ1) is 17.7. The Hall–Kier alpha value is -3.92. The maximum Gasteiger partial charge on any atom is 0.242 e. The molecule has 0 atom stereocenters. The first-order valence-electron chi connectivity index (χ1n) is 13.0. The lowest BCUT2D eigenvalue weighted by atomic mass is 9.34.